The van der Waals surface area contributed by atoms with Crippen molar-refractivity contribution in [3.8, 4) is 0 Å². The number of thioether (sulfide) groups is 1. The molecule has 1 aromatic carbocycles. The fraction of sp³-hybridized carbons (Fsp3) is 0.182. The Balaban J connectivity index is 1.98. The first-order valence-corrected chi connectivity index (χ1v) is 7.26. The molecular formula is C11H8Cl2N2O2S2. The molecular weight excluding hydrogens is 327 g/mol. The summed E-state index contributed by atoms with van der Waals surface area (Å²) in [6.45, 7) is 0. The van der Waals surface area contributed by atoms with E-state index in [1.807, 2.05) is 0 Å². The highest BCUT2D eigenvalue weighted by Gasteiger charge is 2.31. The Kier molecular flexibility index (Phi) is 4.67. The number of rotatable bonds is 3. The zero-order valence-electron chi connectivity index (χ0n) is 9.41. The maximum Gasteiger partial charge on any atom is 0.239 e. The van der Waals surface area contributed by atoms with Crippen LogP contribution < -0.4 is 10.6 Å². The quantitative estimate of drug-likeness (QED) is 0.834. The number of amides is 2. The predicted molar refractivity (Wildman–Crippen MR) is 81.8 cm³/mol. The van der Waals surface area contributed by atoms with Gasteiger partial charge in [0.2, 0.25) is 11.8 Å². The summed E-state index contributed by atoms with van der Waals surface area (Å²) in [4.78, 5) is 23.3. The molecule has 2 amide bonds. The Morgan fingerprint density at radius 1 is 1.47 bits per heavy atom. The zero-order chi connectivity index (χ0) is 14.0. The highest BCUT2D eigenvalue weighted by molar-refractivity contribution is 8.24. The SMILES string of the molecule is O=C(CC1SC(=S)NC1=O)Nc1ccc(Cl)cc1Cl. The Bertz CT molecular complexity index is 566. The van der Waals surface area contributed by atoms with Crippen LogP contribution in [0.4, 0.5) is 5.69 Å². The normalized spacial score (nSPS) is 18.3. The minimum Gasteiger partial charge on any atom is -0.325 e. The molecule has 0 spiro atoms. The highest BCUT2D eigenvalue weighted by atomic mass is 35.5. The molecule has 1 unspecified atom stereocenters. The molecule has 1 aliphatic heterocycles. The molecule has 1 aliphatic rings. The minimum atomic E-state index is -0.487. The van der Waals surface area contributed by atoms with Gasteiger partial charge in [0, 0.05) is 11.4 Å². The lowest BCUT2D eigenvalue weighted by Crippen LogP contribution is -2.27. The number of carbonyl (C=O) groups is 2. The minimum absolute atomic E-state index is 0.0373. The third kappa shape index (κ3) is 3.82. The second kappa shape index (κ2) is 6.09. The average Bonchev–Trinajstić information content (AvgIpc) is 2.61. The first kappa shape index (κ1) is 14.6. The van der Waals surface area contributed by atoms with Crippen molar-refractivity contribution in [2.75, 3.05) is 5.32 Å². The van der Waals surface area contributed by atoms with Crippen LogP contribution in [0, 0.1) is 0 Å². The first-order chi connectivity index (χ1) is 8.95. The van der Waals surface area contributed by atoms with E-state index in [1.165, 1.54) is 17.8 Å². The summed E-state index contributed by atoms with van der Waals surface area (Å²) >= 11 is 17.7. The molecule has 8 heteroatoms. The Morgan fingerprint density at radius 3 is 2.79 bits per heavy atom. The van der Waals surface area contributed by atoms with Gasteiger partial charge >= 0.3 is 0 Å². The standard InChI is InChI=1S/C11H8Cl2N2O2S2/c12-5-1-2-7(6(13)3-5)14-9(16)4-8-10(17)15-11(18)19-8/h1-3,8H,4H2,(H,14,16)(H,15,17,18). The molecule has 1 saturated heterocycles. The number of halogens is 2. The molecule has 0 saturated carbocycles. The molecule has 19 heavy (non-hydrogen) atoms. The molecule has 1 fully saturated rings. The monoisotopic (exact) mass is 334 g/mol. The summed E-state index contributed by atoms with van der Waals surface area (Å²) in [7, 11) is 0. The van der Waals surface area contributed by atoms with Crippen LogP contribution in [0.15, 0.2) is 18.2 Å². The van der Waals surface area contributed by atoms with E-state index in [2.05, 4.69) is 10.6 Å². The van der Waals surface area contributed by atoms with Crippen LogP contribution >= 0.6 is 47.2 Å². The summed E-state index contributed by atoms with van der Waals surface area (Å²) in [6, 6.07) is 4.76. The van der Waals surface area contributed by atoms with E-state index < -0.39 is 5.25 Å². The molecule has 2 N–H and O–H groups in total. The van der Waals surface area contributed by atoms with Gasteiger partial charge in [-0.2, -0.15) is 0 Å². The van der Waals surface area contributed by atoms with E-state index in [0.717, 1.165) is 0 Å². The van der Waals surface area contributed by atoms with Crippen molar-refractivity contribution in [3.05, 3.63) is 28.2 Å². The molecule has 1 atom stereocenters. The Labute approximate surface area is 129 Å². The molecule has 0 aliphatic carbocycles. The lowest BCUT2D eigenvalue weighted by molar-refractivity contribution is -0.122. The average molecular weight is 335 g/mol. The molecule has 0 aromatic heterocycles. The molecule has 4 nitrogen and oxygen atoms in total. The maximum atomic E-state index is 11.8. The fourth-order valence-corrected chi connectivity index (χ4v) is 3.21. The number of nitrogens with one attached hydrogen (secondary N) is 2. The van der Waals surface area contributed by atoms with E-state index in [0.29, 0.717) is 20.1 Å². The van der Waals surface area contributed by atoms with Crippen molar-refractivity contribution >= 4 is 69.0 Å². The van der Waals surface area contributed by atoms with E-state index >= 15 is 0 Å². The van der Waals surface area contributed by atoms with Crippen molar-refractivity contribution in [1.82, 2.24) is 5.32 Å². The van der Waals surface area contributed by atoms with E-state index in [-0.39, 0.29) is 18.2 Å². The number of thiocarbonyl (C=S) groups is 1. The molecule has 1 heterocycles. The molecule has 0 bridgehead atoms. The van der Waals surface area contributed by atoms with Gasteiger partial charge in [0.15, 0.2) is 0 Å². The van der Waals surface area contributed by atoms with Gasteiger partial charge in [-0.15, -0.1) is 0 Å². The van der Waals surface area contributed by atoms with Gasteiger partial charge in [0.05, 0.1) is 16.0 Å². The van der Waals surface area contributed by atoms with Crippen LogP contribution in [0.1, 0.15) is 6.42 Å². The molecule has 2 rings (SSSR count). The third-order valence-corrected chi connectivity index (χ3v) is 4.26. The Morgan fingerprint density at radius 2 is 2.21 bits per heavy atom. The van der Waals surface area contributed by atoms with E-state index in [9.17, 15) is 9.59 Å². The predicted octanol–water partition coefficient (Wildman–Crippen LogP) is 2.84. The van der Waals surface area contributed by atoms with Gasteiger partial charge in [-0.3, -0.25) is 9.59 Å². The van der Waals surface area contributed by atoms with Crippen molar-refractivity contribution in [2.45, 2.75) is 11.7 Å². The van der Waals surface area contributed by atoms with Crippen LogP contribution in [0.5, 0.6) is 0 Å². The topological polar surface area (TPSA) is 58.2 Å². The van der Waals surface area contributed by atoms with E-state index in [4.69, 9.17) is 35.4 Å². The third-order valence-electron chi connectivity index (χ3n) is 2.34. The number of hydrogen-bond acceptors (Lipinski definition) is 4. The molecule has 100 valence electrons. The summed E-state index contributed by atoms with van der Waals surface area (Å²) in [5, 5.41) is 5.47. The first-order valence-electron chi connectivity index (χ1n) is 5.22. The number of carbonyl (C=O) groups excluding carboxylic acids is 2. The van der Waals surface area contributed by atoms with Gasteiger partial charge in [-0.05, 0) is 18.2 Å². The van der Waals surface area contributed by atoms with Gasteiger partial charge in [-0.1, -0.05) is 47.2 Å². The Hall–Kier alpha value is -0.820. The summed E-state index contributed by atoms with van der Waals surface area (Å²) in [5.74, 6) is -0.547. The van der Waals surface area contributed by atoms with Crippen LogP contribution in [0.25, 0.3) is 0 Å². The van der Waals surface area contributed by atoms with Gasteiger partial charge in [0.25, 0.3) is 0 Å². The maximum absolute atomic E-state index is 11.8. The van der Waals surface area contributed by atoms with Gasteiger partial charge in [-0.25, -0.2) is 0 Å². The summed E-state index contributed by atoms with van der Waals surface area (Å²) in [5.41, 5.74) is 0.460. The molecule has 0 radical (unpaired) electrons. The van der Waals surface area contributed by atoms with Crippen molar-refractivity contribution < 1.29 is 9.59 Å². The van der Waals surface area contributed by atoms with Crippen molar-refractivity contribution in [1.29, 1.82) is 0 Å². The van der Waals surface area contributed by atoms with Crippen LogP contribution in [0.3, 0.4) is 0 Å². The van der Waals surface area contributed by atoms with Crippen molar-refractivity contribution in [2.24, 2.45) is 0 Å². The molecule has 1 aromatic rings. The van der Waals surface area contributed by atoms with Gasteiger partial charge < -0.3 is 10.6 Å². The highest BCUT2D eigenvalue weighted by Crippen LogP contribution is 2.27. The second-order valence-corrected chi connectivity index (χ2v) is 6.48. The van der Waals surface area contributed by atoms with Gasteiger partial charge in [0.1, 0.15) is 4.32 Å². The lowest BCUT2D eigenvalue weighted by Gasteiger charge is -2.09. The van der Waals surface area contributed by atoms with E-state index in [1.54, 1.807) is 12.1 Å². The second-order valence-electron chi connectivity index (χ2n) is 3.76. The van der Waals surface area contributed by atoms with Crippen LogP contribution in [-0.4, -0.2) is 21.4 Å². The summed E-state index contributed by atoms with van der Waals surface area (Å²) < 4.78 is 0.396. The number of benzene rings is 1. The van der Waals surface area contributed by atoms with Crippen molar-refractivity contribution in [3.63, 3.8) is 0 Å². The smallest absolute Gasteiger partial charge is 0.239 e. The summed E-state index contributed by atoms with van der Waals surface area (Å²) in [6.07, 6.45) is 0.0373. The lowest BCUT2D eigenvalue weighted by atomic mass is 10.2. The zero-order valence-corrected chi connectivity index (χ0v) is 12.6. The van der Waals surface area contributed by atoms with Crippen LogP contribution in [0.2, 0.25) is 10.0 Å². The van der Waals surface area contributed by atoms with Crippen LogP contribution in [-0.2, 0) is 9.59 Å². The largest absolute Gasteiger partial charge is 0.325 e. The fourth-order valence-electron chi connectivity index (χ4n) is 1.49. The number of hydrogen-bond donors (Lipinski definition) is 2. The number of anilines is 1.